The lowest BCUT2D eigenvalue weighted by molar-refractivity contribution is -0.140. The molecule has 0 fully saturated rings. The van der Waals surface area contributed by atoms with E-state index in [4.69, 9.17) is 9.47 Å². The Labute approximate surface area is 123 Å². The van der Waals surface area contributed by atoms with E-state index in [0.717, 1.165) is 0 Å². The standard InChI is InChI=1S/C15H20FNO4/c1-14(2,3)21-13(19)17-15(4,5)12(18)20-11-8-6-10(16)7-9-11/h6-9H,1-5H3,(H,17,19). The van der Waals surface area contributed by atoms with Crippen LogP contribution in [0.15, 0.2) is 24.3 Å². The first-order chi connectivity index (χ1) is 9.49. The summed E-state index contributed by atoms with van der Waals surface area (Å²) < 4.78 is 22.9. The average Bonchev–Trinajstić information content (AvgIpc) is 2.28. The van der Waals surface area contributed by atoms with Crippen molar-refractivity contribution in [2.24, 2.45) is 0 Å². The summed E-state index contributed by atoms with van der Waals surface area (Å²) in [5, 5.41) is 2.43. The van der Waals surface area contributed by atoms with E-state index in [0.29, 0.717) is 0 Å². The molecule has 21 heavy (non-hydrogen) atoms. The smallest absolute Gasteiger partial charge is 0.408 e. The van der Waals surface area contributed by atoms with Gasteiger partial charge in [-0.3, -0.25) is 0 Å². The molecule has 0 atom stereocenters. The van der Waals surface area contributed by atoms with Gasteiger partial charge in [-0.1, -0.05) is 0 Å². The molecule has 5 nitrogen and oxygen atoms in total. The van der Waals surface area contributed by atoms with E-state index in [2.05, 4.69) is 5.32 Å². The number of carbonyl (C=O) groups excluding carboxylic acids is 2. The number of amides is 1. The highest BCUT2D eigenvalue weighted by Gasteiger charge is 2.33. The van der Waals surface area contributed by atoms with E-state index in [1.807, 2.05) is 0 Å². The minimum atomic E-state index is -1.28. The summed E-state index contributed by atoms with van der Waals surface area (Å²) in [5.74, 6) is -0.915. The molecule has 1 amide bonds. The van der Waals surface area contributed by atoms with Gasteiger partial charge in [0.1, 0.15) is 22.7 Å². The highest BCUT2D eigenvalue weighted by atomic mass is 19.1. The van der Waals surface area contributed by atoms with Crippen molar-refractivity contribution >= 4 is 12.1 Å². The molecular formula is C15H20FNO4. The van der Waals surface area contributed by atoms with Crippen molar-refractivity contribution in [2.75, 3.05) is 0 Å². The Balaban J connectivity index is 2.66. The summed E-state index contributed by atoms with van der Waals surface area (Å²) in [4.78, 5) is 23.7. The van der Waals surface area contributed by atoms with Crippen molar-refractivity contribution in [1.82, 2.24) is 5.32 Å². The van der Waals surface area contributed by atoms with E-state index in [1.54, 1.807) is 20.8 Å². The number of alkyl carbamates (subject to hydrolysis) is 1. The lowest BCUT2D eigenvalue weighted by atomic mass is 10.1. The summed E-state index contributed by atoms with van der Waals surface area (Å²) in [5.41, 5.74) is -1.95. The van der Waals surface area contributed by atoms with Crippen molar-refractivity contribution in [2.45, 2.75) is 45.8 Å². The molecule has 0 aromatic heterocycles. The molecule has 1 aromatic carbocycles. The summed E-state index contributed by atoms with van der Waals surface area (Å²) >= 11 is 0. The third kappa shape index (κ3) is 5.81. The number of hydrogen-bond acceptors (Lipinski definition) is 4. The molecule has 116 valence electrons. The zero-order valence-corrected chi connectivity index (χ0v) is 12.8. The summed E-state index contributed by atoms with van der Waals surface area (Å²) in [6.45, 7) is 8.13. The van der Waals surface area contributed by atoms with Gasteiger partial charge >= 0.3 is 12.1 Å². The lowest BCUT2D eigenvalue weighted by Gasteiger charge is -2.26. The van der Waals surface area contributed by atoms with Gasteiger partial charge in [-0.05, 0) is 58.9 Å². The van der Waals surface area contributed by atoms with Gasteiger partial charge in [-0.25, -0.2) is 14.0 Å². The first-order valence-corrected chi connectivity index (χ1v) is 6.49. The van der Waals surface area contributed by atoms with Crippen LogP contribution in [-0.2, 0) is 9.53 Å². The number of halogens is 1. The number of nitrogens with one attached hydrogen (secondary N) is 1. The van der Waals surface area contributed by atoms with Gasteiger partial charge in [0, 0.05) is 0 Å². The second-order valence-electron chi connectivity index (χ2n) is 6.10. The largest absolute Gasteiger partial charge is 0.444 e. The number of ether oxygens (including phenoxy) is 2. The van der Waals surface area contributed by atoms with E-state index in [1.165, 1.54) is 38.1 Å². The molecule has 0 heterocycles. The average molecular weight is 297 g/mol. The predicted octanol–water partition coefficient (Wildman–Crippen LogP) is 3.03. The first kappa shape index (κ1) is 16.9. The van der Waals surface area contributed by atoms with Crippen LogP contribution in [0.2, 0.25) is 0 Å². The number of esters is 1. The van der Waals surface area contributed by atoms with Gasteiger partial charge < -0.3 is 14.8 Å². The minimum Gasteiger partial charge on any atom is -0.444 e. The molecular weight excluding hydrogens is 277 g/mol. The van der Waals surface area contributed by atoms with Crippen LogP contribution in [0, 0.1) is 5.82 Å². The van der Waals surface area contributed by atoms with Crippen LogP contribution in [0.3, 0.4) is 0 Å². The van der Waals surface area contributed by atoms with Crippen molar-refractivity contribution in [3.05, 3.63) is 30.1 Å². The van der Waals surface area contributed by atoms with Gasteiger partial charge in [0.25, 0.3) is 0 Å². The second kappa shape index (κ2) is 6.11. The minimum absolute atomic E-state index is 0.195. The molecule has 0 saturated heterocycles. The Kier molecular flexibility index (Phi) is 4.93. The van der Waals surface area contributed by atoms with E-state index >= 15 is 0 Å². The molecule has 0 saturated carbocycles. The van der Waals surface area contributed by atoms with Gasteiger partial charge in [0.2, 0.25) is 0 Å². The fraction of sp³-hybridized carbons (Fsp3) is 0.467. The Morgan fingerprint density at radius 3 is 2.05 bits per heavy atom. The van der Waals surface area contributed by atoms with Gasteiger partial charge in [0.15, 0.2) is 0 Å². The van der Waals surface area contributed by atoms with Crippen LogP contribution in [0.5, 0.6) is 5.75 Å². The number of hydrogen-bond donors (Lipinski definition) is 1. The van der Waals surface area contributed by atoms with Crippen molar-refractivity contribution < 1.29 is 23.5 Å². The zero-order chi connectivity index (χ0) is 16.3. The molecule has 1 aromatic rings. The first-order valence-electron chi connectivity index (χ1n) is 6.49. The SMILES string of the molecule is CC(C)(C)OC(=O)NC(C)(C)C(=O)Oc1ccc(F)cc1. The Bertz CT molecular complexity index is 517. The maximum atomic E-state index is 12.8. The lowest BCUT2D eigenvalue weighted by Crippen LogP contribution is -2.52. The summed E-state index contributed by atoms with van der Waals surface area (Å²) in [6, 6.07) is 5.02. The Hall–Kier alpha value is -2.11. The van der Waals surface area contributed by atoms with Crippen LogP contribution in [-0.4, -0.2) is 23.2 Å². The fourth-order valence-electron chi connectivity index (χ4n) is 1.35. The molecule has 0 aliphatic carbocycles. The van der Waals surface area contributed by atoms with Crippen LogP contribution in [0.4, 0.5) is 9.18 Å². The van der Waals surface area contributed by atoms with Crippen LogP contribution >= 0.6 is 0 Å². The maximum absolute atomic E-state index is 12.8. The van der Waals surface area contributed by atoms with Gasteiger partial charge in [-0.15, -0.1) is 0 Å². The predicted molar refractivity (Wildman–Crippen MR) is 75.5 cm³/mol. The topological polar surface area (TPSA) is 64.6 Å². The van der Waals surface area contributed by atoms with Crippen molar-refractivity contribution in [3.8, 4) is 5.75 Å². The van der Waals surface area contributed by atoms with Crippen molar-refractivity contribution in [1.29, 1.82) is 0 Å². The van der Waals surface area contributed by atoms with E-state index in [-0.39, 0.29) is 5.75 Å². The van der Waals surface area contributed by atoms with Crippen LogP contribution in [0.1, 0.15) is 34.6 Å². The second-order valence-corrected chi connectivity index (χ2v) is 6.10. The maximum Gasteiger partial charge on any atom is 0.408 e. The highest BCUT2D eigenvalue weighted by molar-refractivity contribution is 5.86. The number of benzene rings is 1. The summed E-state index contributed by atoms with van der Waals surface area (Å²) in [6.07, 6.45) is -0.719. The Morgan fingerprint density at radius 1 is 1.05 bits per heavy atom. The quantitative estimate of drug-likeness (QED) is 0.688. The third-order valence-electron chi connectivity index (χ3n) is 2.35. The van der Waals surface area contributed by atoms with E-state index in [9.17, 15) is 14.0 Å². The van der Waals surface area contributed by atoms with Crippen molar-refractivity contribution in [3.63, 3.8) is 0 Å². The van der Waals surface area contributed by atoms with E-state index < -0.39 is 29.0 Å². The number of carbonyl (C=O) groups is 2. The monoisotopic (exact) mass is 297 g/mol. The van der Waals surface area contributed by atoms with Crippen LogP contribution < -0.4 is 10.1 Å². The molecule has 1 rings (SSSR count). The molecule has 1 N–H and O–H groups in total. The molecule has 0 radical (unpaired) electrons. The highest BCUT2D eigenvalue weighted by Crippen LogP contribution is 2.15. The molecule has 0 aliphatic heterocycles. The number of rotatable bonds is 3. The fourth-order valence-corrected chi connectivity index (χ4v) is 1.35. The molecule has 6 heteroatoms. The molecule has 0 spiro atoms. The molecule has 0 unspecified atom stereocenters. The van der Waals surface area contributed by atoms with Gasteiger partial charge in [-0.2, -0.15) is 0 Å². The van der Waals surface area contributed by atoms with Gasteiger partial charge in [0.05, 0.1) is 0 Å². The third-order valence-corrected chi connectivity index (χ3v) is 2.35. The van der Waals surface area contributed by atoms with Crippen LogP contribution in [0.25, 0.3) is 0 Å². The summed E-state index contributed by atoms with van der Waals surface area (Å²) in [7, 11) is 0. The molecule has 0 aliphatic rings. The zero-order valence-electron chi connectivity index (χ0n) is 12.8. The Morgan fingerprint density at radius 2 is 1.57 bits per heavy atom. The molecule has 0 bridgehead atoms. The normalized spacial score (nSPS) is 11.7.